The lowest BCUT2D eigenvalue weighted by atomic mass is 10.5. The molecule has 0 aliphatic heterocycles. The molecule has 1 aromatic heterocycles. The highest BCUT2D eigenvalue weighted by Gasteiger charge is 1.58. The monoisotopic (exact) mass is 128 g/mol. The van der Waals surface area contributed by atoms with Gasteiger partial charge in [-0.1, -0.05) is 6.07 Å². The molecule has 1 rings (SSSR count). The normalized spacial score (nSPS) is 6.00. The van der Waals surface area contributed by atoms with Gasteiger partial charge in [0.05, 0.1) is 0 Å². The largest absolute Gasteiger partial charge is 0.400 e. The van der Waals surface area contributed by atoms with Crippen molar-refractivity contribution in [3.8, 4) is 0 Å². The molecule has 0 aliphatic carbocycles. The molecule has 0 amide bonds. The standard InChI is InChI=1S/C5H5N.CH4O.H3N/c1-2-4-6-5-3-1;1-2;/h1-5H;2H,1H3;1H3. The van der Waals surface area contributed by atoms with Gasteiger partial charge in [-0.25, -0.2) is 0 Å². The lowest BCUT2D eigenvalue weighted by molar-refractivity contribution is 0.399. The van der Waals surface area contributed by atoms with E-state index in [-0.39, 0.29) is 6.15 Å². The van der Waals surface area contributed by atoms with Gasteiger partial charge < -0.3 is 11.3 Å². The molecule has 4 N–H and O–H groups in total. The van der Waals surface area contributed by atoms with Crippen molar-refractivity contribution in [1.82, 2.24) is 11.1 Å². The minimum absolute atomic E-state index is 0. The van der Waals surface area contributed by atoms with Crippen LogP contribution in [0.2, 0.25) is 0 Å². The topological polar surface area (TPSA) is 68.1 Å². The fourth-order valence-electron chi connectivity index (χ4n) is 0.313. The number of aliphatic hydroxyl groups is 1. The summed E-state index contributed by atoms with van der Waals surface area (Å²) in [5.41, 5.74) is 0. The van der Waals surface area contributed by atoms with Gasteiger partial charge in [0.1, 0.15) is 0 Å². The Balaban J connectivity index is 0. The smallest absolute Gasteiger partial charge is 0.0319 e. The van der Waals surface area contributed by atoms with E-state index in [1.165, 1.54) is 0 Å². The van der Waals surface area contributed by atoms with Crippen LogP contribution >= 0.6 is 0 Å². The summed E-state index contributed by atoms with van der Waals surface area (Å²) in [5, 5.41) is 7.00. The molecule has 0 fully saturated rings. The van der Waals surface area contributed by atoms with Crippen molar-refractivity contribution < 1.29 is 5.11 Å². The molecule has 52 valence electrons. The highest BCUT2D eigenvalue weighted by atomic mass is 16.2. The molecule has 0 bridgehead atoms. The third-order valence-electron chi connectivity index (χ3n) is 0.566. The van der Waals surface area contributed by atoms with Gasteiger partial charge in [0, 0.05) is 19.5 Å². The molecule has 0 unspecified atom stereocenters. The Labute approximate surface area is 55.0 Å². The molecule has 0 saturated heterocycles. The van der Waals surface area contributed by atoms with E-state index in [2.05, 4.69) is 4.98 Å². The highest BCUT2D eigenvalue weighted by molar-refractivity contribution is 4.88. The van der Waals surface area contributed by atoms with E-state index in [0.717, 1.165) is 7.11 Å². The minimum atomic E-state index is 0. The van der Waals surface area contributed by atoms with Crippen LogP contribution in [-0.2, 0) is 0 Å². The van der Waals surface area contributed by atoms with Crippen LogP contribution in [0.15, 0.2) is 30.6 Å². The summed E-state index contributed by atoms with van der Waals surface area (Å²) in [6.45, 7) is 0. The van der Waals surface area contributed by atoms with Crippen LogP contribution in [0.5, 0.6) is 0 Å². The van der Waals surface area contributed by atoms with E-state index in [4.69, 9.17) is 5.11 Å². The molecule has 0 aliphatic rings. The second-order valence-corrected chi connectivity index (χ2v) is 1.02. The fraction of sp³-hybridized carbons (Fsp3) is 0.167. The zero-order valence-electron chi connectivity index (χ0n) is 5.49. The molecule has 0 spiro atoms. The number of aromatic nitrogens is 1. The Morgan fingerprint density at radius 3 is 1.56 bits per heavy atom. The summed E-state index contributed by atoms with van der Waals surface area (Å²) < 4.78 is 0. The molecule has 1 aromatic rings. The summed E-state index contributed by atoms with van der Waals surface area (Å²) in [7, 11) is 1.00. The van der Waals surface area contributed by atoms with Crippen molar-refractivity contribution in [2.24, 2.45) is 0 Å². The lowest BCUT2D eigenvalue weighted by Crippen LogP contribution is -1.58. The molecule has 1 heterocycles. The zero-order valence-corrected chi connectivity index (χ0v) is 5.49. The Kier molecular flexibility index (Phi) is 12.3. The van der Waals surface area contributed by atoms with Gasteiger partial charge in [0.15, 0.2) is 0 Å². The van der Waals surface area contributed by atoms with Gasteiger partial charge >= 0.3 is 0 Å². The Morgan fingerprint density at radius 2 is 1.44 bits per heavy atom. The summed E-state index contributed by atoms with van der Waals surface area (Å²) in [6.07, 6.45) is 3.50. The maximum Gasteiger partial charge on any atom is 0.0319 e. The Hall–Kier alpha value is -0.930. The average molecular weight is 128 g/mol. The molecule has 0 aromatic carbocycles. The average Bonchev–Trinajstić information content (AvgIpc) is 1.96. The van der Waals surface area contributed by atoms with Gasteiger partial charge in [-0.2, -0.15) is 0 Å². The number of nitrogens with zero attached hydrogens (tertiary/aromatic N) is 1. The molecule has 3 heteroatoms. The number of aliphatic hydroxyl groups excluding tert-OH is 1. The number of hydrogen-bond donors (Lipinski definition) is 2. The Bertz CT molecular complexity index is 83.0. The Morgan fingerprint density at radius 1 is 1.00 bits per heavy atom. The van der Waals surface area contributed by atoms with Crippen LogP contribution in [0, 0.1) is 0 Å². The number of rotatable bonds is 0. The van der Waals surface area contributed by atoms with E-state index in [1.54, 1.807) is 12.4 Å². The van der Waals surface area contributed by atoms with Crippen molar-refractivity contribution in [3.63, 3.8) is 0 Å². The van der Waals surface area contributed by atoms with Gasteiger partial charge in [-0.15, -0.1) is 0 Å². The quantitative estimate of drug-likeness (QED) is 0.544. The first kappa shape index (κ1) is 10.9. The summed E-state index contributed by atoms with van der Waals surface area (Å²) >= 11 is 0. The first-order valence-electron chi connectivity index (χ1n) is 2.30. The van der Waals surface area contributed by atoms with Crippen molar-refractivity contribution in [1.29, 1.82) is 0 Å². The van der Waals surface area contributed by atoms with Crippen LogP contribution in [-0.4, -0.2) is 17.2 Å². The van der Waals surface area contributed by atoms with Gasteiger partial charge in [0.25, 0.3) is 0 Å². The van der Waals surface area contributed by atoms with Gasteiger partial charge in [-0.05, 0) is 12.1 Å². The van der Waals surface area contributed by atoms with Crippen LogP contribution < -0.4 is 6.15 Å². The fourth-order valence-corrected chi connectivity index (χ4v) is 0.313. The molecule has 0 radical (unpaired) electrons. The zero-order chi connectivity index (χ0) is 6.24. The van der Waals surface area contributed by atoms with E-state index in [1.807, 2.05) is 18.2 Å². The first-order valence-corrected chi connectivity index (χ1v) is 2.30. The van der Waals surface area contributed by atoms with E-state index >= 15 is 0 Å². The second-order valence-electron chi connectivity index (χ2n) is 1.02. The first-order chi connectivity index (χ1) is 4.00. The van der Waals surface area contributed by atoms with E-state index in [0.29, 0.717) is 0 Å². The molecule has 0 saturated carbocycles. The number of pyridine rings is 1. The number of hydrogen-bond acceptors (Lipinski definition) is 3. The second kappa shape index (κ2) is 10.1. The van der Waals surface area contributed by atoms with Gasteiger partial charge in [0.2, 0.25) is 0 Å². The molecule has 9 heavy (non-hydrogen) atoms. The van der Waals surface area contributed by atoms with E-state index < -0.39 is 0 Å². The molecule has 3 nitrogen and oxygen atoms in total. The summed E-state index contributed by atoms with van der Waals surface area (Å²) in [4.78, 5) is 3.78. The molecular formula is C6H12N2O. The maximum atomic E-state index is 7.00. The van der Waals surface area contributed by atoms with Crippen molar-refractivity contribution in [2.75, 3.05) is 7.11 Å². The third-order valence-corrected chi connectivity index (χ3v) is 0.566. The maximum absolute atomic E-state index is 7.00. The SMILES string of the molecule is CO.N.c1ccncc1. The van der Waals surface area contributed by atoms with E-state index in [9.17, 15) is 0 Å². The minimum Gasteiger partial charge on any atom is -0.400 e. The van der Waals surface area contributed by atoms with Crippen LogP contribution in [0.3, 0.4) is 0 Å². The predicted molar refractivity (Wildman–Crippen MR) is 37.4 cm³/mol. The molecule has 0 atom stereocenters. The van der Waals surface area contributed by atoms with Crippen LogP contribution in [0.4, 0.5) is 0 Å². The predicted octanol–water partition coefficient (Wildman–Crippen LogP) is 0.852. The molecular weight excluding hydrogens is 116 g/mol. The van der Waals surface area contributed by atoms with Crippen LogP contribution in [0.1, 0.15) is 0 Å². The third kappa shape index (κ3) is 7.07. The van der Waals surface area contributed by atoms with Crippen molar-refractivity contribution >= 4 is 0 Å². The summed E-state index contributed by atoms with van der Waals surface area (Å²) in [5.74, 6) is 0. The van der Waals surface area contributed by atoms with Crippen LogP contribution in [0.25, 0.3) is 0 Å². The highest BCUT2D eigenvalue weighted by Crippen LogP contribution is 1.73. The van der Waals surface area contributed by atoms with Crippen molar-refractivity contribution in [3.05, 3.63) is 30.6 Å². The summed E-state index contributed by atoms with van der Waals surface area (Å²) in [6, 6.07) is 5.72. The lowest BCUT2D eigenvalue weighted by Gasteiger charge is -1.70. The van der Waals surface area contributed by atoms with Crippen molar-refractivity contribution in [2.45, 2.75) is 0 Å². The van der Waals surface area contributed by atoms with Gasteiger partial charge in [-0.3, -0.25) is 4.98 Å².